The molecule has 4 heteroatoms. The van der Waals surface area contributed by atoms with E-state index in [0.29, 0.717) is 30.0 Å². The highest BCUT2D eigenvalue weighted by atomic mass is 35.5. The van der Waals surface area contributed by atoms with Gasteiger partial charge in [-0.25, -0.2) is 0 Å². The molecule has 0 unspecified atom stereocenters. The average molecular weight is 379 g/mol. The second-order valence-corrected chi connectivity index (χ2v) is 10.2. The summed E-state index contributed by atoms with van der Waals surface area (Å²) in [6, 6.07) is 0. The number of allylic oxidation sites excluding steroid dienone is 2. The zero-order valence-corrected chi connectivity index (χ0v) is 16.9. The number of carbonyl (C=O) groups is 2. The van der Waals surface area contributed by atoms with Crippen LogP contribution in [0.1, 0.15) is 65.7 Å². The molecule has 4 rings (SSSR count). The van der Waals surface area contributed by atoms with E-state index in [4.69, 9.17) is 11.6 Å². The number of halogens is 1. The highest BCUT2D eigenvalue weighted by Gasteiger charge is 2.67. The molecule has 0 aliphatic heterocycles. The molecule has 0 heterocycles. The molecule has 0 aromatic rings. The third-order valence-electron chi connectivity index (χ3n) is 8.97. The van der Waals surface area contributed by atoms with E-state index in [1.807, 2.05) is 6.92 Å². The van der Waals surface area contributed by atoms with E-state index >= 15 is 0 Å². The van der Waals surface area contributed by atoms with Gasteiger partial charge in [0.2, 0.25) is 0 Å². The SMILES string of the molecule is C[C@H]1C[C@H]2[C@@H]3CC[C@H]4CC(=O)CC[C@]4(C)C3=CC[C@]2(C)[C@@]1(O)C(=O)CCl. The van der Waals surface area contributed by atoms with Gasteiger partial charge in [0.25, 0.3) is 0 Å². The topological polar surface area (TPSA) is 54.4 Å². The first-order valence-corrected chi connectivity index (χ1v) is 10.8. The molecule has 0 saturated heterocycles. The van der Waals surface area contributed by atoms with Gasteiger partial charge in [-0.15, -0.1) is 11.6 Å². The number of Topliss-reactive ketones (excluding diaryl/α,β-unsaturated/α-hetero) is 2. The normalized spacial score (nSPS) is 50.5. The van der Waals surface area contributed by atoms with Gasteiger partial charge in [-0.3, -0.25) is 9.59 Å². The van der Waals surface area contributed by atoms with Crippen molar-refractivity contribution in [2.45, 2.75) is 71.3 Å². The number of carbonyl (C=O) groups excluding carboxylic acids is 2. The summed E-state index contributed by atoms with van der Waals surface area (Å²) in [7, 11) is 0. The Morgan fingerprint density at radius 3 is 2.77 bits per heavy atom. The number of fused-ring (bicyclic) bond motifs is 5. The summed E-state index contributed by atoms with van der Waals surface area (Å²) in [5.74, 6) is 1.26. The van der Waals surface area contributed by atoms with Crippen LogP contribution in [0.15, 0.2) is 11.6 Å². The molecule has 0 radical (unpaired) electrons. The largest absolute Gasteiger partial charge is 0.381 e. The fourth-order valence-electron chi connectivity index (χ4n) is 7.36. The molecule has 4 aliphatic rings. The monoisotopic (exact) mass is 378 g/mol. The maximum atomic E-state index is 12.7. The van der Waals surface area contributed by atoms with Crippen molar-refractivity contribution < 1.29 is 14.7 Å². The van der Waals surface area contributed by atoms with Gasteiger partial charge in [-0.05, 0) is 61.2 Å². The molecule has 4 aliphatic carbocycles. The van der Waals surface area contributed by atoms with Crippen LogP contribution in [-0.4, -0.2) is 28.2 Å². The van der Waals surface area contributed by atoms with Gasteiger partial charge in [0.1, 0.15) is 11.4 Å². The van der Waals surface area contributed by atoms with E-state index in [1.54, 1.807) is 0 Å². The number of ketones is 2. The van der Waals surface area contributed by atoms with Crippen LogP contribution >= 0.6 is 11.6 Å². The molecule has 0 amide bonds. The first-order chi connectivity index (χ1) is 12.2. The number of rotatable bonds is 2. The van der Waals surface area contributed by atoms with Crippen molar-refractivity contribution in [1.29, 1.82) is 0 Å². The van der Waals surface area contributed by atoms with Crippen LogP contribution in [0.2, 0.25) is 0 Å². The second kappa shape index (κ2) is 5.91. The Kier molecular flexibility index (Phi) is 4.25. The predicted octanol–water partition coefficient (Wildman–Crippen LogP) is 4.30. The number of alkyl halides is 1. The molecule has 3 fully saturated rings. The van der Waals surface area contributed by atoms with Crippen LogP contribution in [0.4, 0.5) is 0 Å². The van der Waals surface area contributed by atoms with Crippen molar-refractivity contribution in [3.05, 3.63) is 11.6 Å². The Bertz CT molecular complexity index is 685. The lowest BCUT2D eigenvalue weighted by Gasteiger charge is -2.56. The van der Waals surface area contributed by atoms with Crippen LogP contribution in [0, 0.1) is 34.5 Å². The molecular formula is C22H31ClO3. The maximum Gasteiger partial charge on any atom is 0.179 e. The van der Waals surface area contributed by atoms with E-state index in [0.717, 1.165) is 38.5 Å². The van der Waals surface area contributed by atoms with Gasteiger partial charge < -0.3 is 5.11 Å². The predicted molar refractivity (Wildman–Crippen MR) is 102 cm³/mol. The first kappa shape index (κ1) is 18.7. The van der Waals surface area contributed by atoms with Gasteiger partial charge in [-0.2, -0.15) is 0 Å². The van der Waals surface area contributed by atoms with Crippen molar-refractivity contribution in [2.24, 2.45) is 34.5 Å². The van der Waals surface area contributed by atoms with Crippen molar-refractivity contribution in [1.82, 2.24) is 0 Å². The summed E-state index contributed by atoms with van der Waals surface area (Å²) in [6.07, 6.45) is 8.53. The maximum absolute atomic E-state index is 12.7. The smallest absolute Gasteiger partial charge is 0.179 e. The van der Waals surface area contributed by atoms with Gasteiger partial charge in [0.15, 0.2) is 5.78 Å². The standard InChI is InChI=1S/C22H31ClO3/c1-13-10-18-16-5-4-14-11-15(24)6-8-20(14,2)17(16)7-9-21(18,3)22(13,26)19(25)12-23/h7,13-14,16,18,26H,4-6,8-12H2,1-3H3/t13-,14-,16+,18-,20-,21-,22-/m0/s1. The van der Waals surface area contributed by atoms with Gasteiger partial charge in [0.05, 0.1) is 5.88 Å². The van der Waals surface area contributed by atoms with Crippen LogP contribution in [0.25, 0.3) is 0 Å². The summed E-state index contributed by atoms with van der Waals surface area (Å²) in [4.78, 5) is 24.6. The molecule has 0 aromatic heterocycles. The Balaban J connectivity index is 1.74. The Morgan fingerprint density at radius 1 is 1.35 bits per heavy atom. The summed E-state index contributed by atoms with van der Waals surface area (Å²) in [5, 5.41) is 11.5. The molecule has 0 bridgehead atoms. The lowest BCUT2D eigenvalue weighted by molar-refractivity contribution is -0.156. The third-order valence-corrected chi connectivity index (χ3v) is 9.21. The summed E-state index contributed by atoms with van der Waals surface area (Å²) in [6.45, 7) is 6.48. The van der Waals surface area contributed by atoms with Crippen molar-refractivity contribution in [3.63, 3.8) is 0 Å². The zero-order chi connectivity index (χ0) is 18.9. The second-order valence-electron chi connectivity index (χ2n) is 9.89. The fraction of sp³-hybridized carbons (Fsp3) is 0.818. The highest BCUT2D eigenvalue weighted by Crippen LogP contribution is 2.67. The van der Waals surface area contributed by atoms with E-state index < -0.39 is 11.0 Å². The lowest BCUT2D eigenvalue weighted by atomic mass is 9.48. The van der Waals surface area contributed by atoms with E-state index in [-0.39, 0.29) is 23.0 Å². The highest BCUT2D eigenvalue weighted by molar-refractivity contribution is 6.29. The first-order valence-electron chi connectivity index (χ1n) is 10.2. The van der Waals surface area contributed by atoms with Crippen molar-refractivity contribution in [3.8, 4) is 0 Å². The quantitative estimate of drug-likeness (QED) is 0.575. The molecule has 144 valence electrons. The minimum absolute atomic E-state index is 0.0602. The number of aliphatic hydroxyl groups is 1. The third kappa shape index (κ3) is 2.16. The molecule has 26 heavy (non-hydrogen) atoms. The van der Waals surface area contributed by atoms with Gasteiger partial charge in [-0.1, -0.05) is 32.4 Å². The fourth-order valence-corrected chi connectivity index (χ4v) is 7.56. The van der Waals surface area contributed by atoms with E-state index in [2.05, 4.69) is 19.9 Å². The Labute approximate surface area is 161 Å². The number of hydrogen-bond donors (Lipinski definition) is 1. The summed E-state index contributed by atoms with van der Waals surface area (Å²) in [5.41, 5.74) is -0.0981. The van der Waals surface area contributed by atoms with Gasteiger partial charge >= 0.3 is 0 Å². The Morgan fingerprint density at radius 2 is 2.08 bits per heavy atom. The van der Waals surface area contributed by atoms with Crippen LogP contribution in [0.5, 0.6) is 0 Å². The number of hydrogen-bond acceptors (Lipinski definition) is 3. The minimum Gasteiger partial charge on any atom is -0.381 e. The van der Waals surface area contributed by atoms with E-state index in [9.17, 15) is 14.7 Å². The molecule has 3 nitrogen and oxygen atoms in total. The van der Waals surface area contributed by atoms with Crippen LogP contribution < -0.4 is 0 Å². The van der Waals surface area contributed by atoms with Gasteiger partial charge in [0, 0.05) is 18.3 Å². The average Bonchev–Trinajstić information content (AvgIpc) is 2.83. The zero-order valence-electron chi connectivity index (χ0n) is 16.2. The molecular weight excluding hydrogens is 348 g/mol. The summed E-state index contributed by atoms with van der Waals surface area (Å²) >= 11 is 5.89. The lowest BCUT2D eigenvalue weighted by Crippen LogP contribution is -2.57. The molecule has 0 aromatic carbocycles. The molecule has 7 atom stereocenters. The van der Waals surface area contributed by atoms with Crippen LogP contribution in [-0.2, 0) is 9.59 Å². The Hall–Kier alpha value is -0.670. The summed E-state index contributed by atoms with van der Waals surface area (Å²) < 4.78 is 0. The molecule has 1 N–H and O–H groups in total. The molecule has 3 saturated carbocycles. The van der Waals surface area contributed by atoms with Crippen molar-refractivity contribution in [2.75, 3.05) is 5.88 Å². The van der Waals surface area contributed by atoms with Crippen molar-refractivity contribution >= 4 is 23.2 Å². The van der Waals surface area contributed by atoms with E-state index in [1.165, 1.54) is 5.57 Å². The van der Waals surface area contributed by atoms with Crippen LogP contribution in [0.3, 0.4) is 0 Å². The molecule has 0 spiro atoms. The minimum atomic E-state index is -1.32.